The van der Waals surface area contributed by atoms with Gasteiger partial charge < -0.3 is 14.6 Å². The molecule has 0 saturated heterocycles. The van der Waals surface area contributed by atoms with E-state index < -0.39 is 0 Å². The lowest BCUT2D eigenvalue weighted by atomic mass is 9.87. The minimum atomic E-state index is -0.0312. The Hall–Kier alpha value is -4.10. The molecule has 39 heavy (non-hydrogen) atoms. The van der Waals surface area contributed by atoms with E-state index in [1.54, 1.807) is 25.1 Å². The van der Waals surface area contributed by atoms with Crippen LogP contribution in [0, 0.1) is 0 Å². The first-order chi connectivity index (χ1) is 19.2. The summed E-state index contributed by atoms with van der Waals surface area (Å²) in [5, 5.41) is 4.19. The fraction of sp³-hybridized carbons (Fsp3) is 0.219. The summed E-state index contributed by atoms with van der Waals surface area (Å²) < 4.78 is 7.48. The van der Waals surface area contributed by atoms with Crippen LogP contribution in [0.2, 0.25) is 0 Å². The fourth-order valence-electron chi connectivity index (χ4n) is 5.17. The number of aromatic nitrogens is 3. The van der Waals surface area contributed by atoms with Gasteiger partial charge in [0, 0.05) is 17.5 Å². The Morgan fingerprint density at radius 3 is 2.64 bits per heavy atom. The molecular formula is C32H30N4O2S. The second kappa shape index (κ2) is 11.3. The lowest BCUT2D eigenvalue weighted by Crippen LogP contribution is -2.30. The van der Waals surface area contributed by atoms with Gasteiger partial charge in [-0.2, -0.15) is 0 Å². The van der Waals surface area contributed by atoms with Crippen molar-refractivity contribution in [2.24, 2.45) is 0 Å². The first-order valence-electron chi connectivity index (χ1n) is 13.2. The number of benzene rings is 3. The summed E-state index contributed by atoms with van der Waals surface area (Å²) in [6.45, 7) is 0.644. The number of methoxy groups -OCH3 is 1. The number of rotatable bonds is 8. The molecule has 0 bridgehead atoms. The van der Waals surface area contributed by atoms with Crippen LogP contribution in [-0.4, -0.2) is 27.6 Å². The highest BCUT2D eigenvalue weighted by molar-refractivity contribution is 7.98. The van der Waals surface area contributed by atoms with Crippen LogP contribution in [0.5, 0.6) is 5.75 Å². The Morgan fingerprint density at radius 1 is 1.03 bits per heavy atom. The second-order valence-electron chi connectivity index (χ2n) is 9.80. The summed E-state index contributed by atoms with van der Waals surface area (Å²) in [5.74, 6) is 1.61. The Kier molecular flexibility index (Phi) is 7.32. The quantitative estimate of drug-likeness (QED) is 0.228. The molecule has 1 amide bonds. The molecule has 0 unspecified atom stereocenters. The van der Waals surface area contributed by atoms with Crippen molar-refractivity contribution in [1.82, 2.24) is 19.9 Å². The molecule has 2 aromatic heterocycles. The largest absolute Gasteiger partial charge is 0.497 e. The lowest BCUT2D eigenvalue weighted by Gasteiger charge is -2.26. The first kappa shape index (κ1) is 25.2. The van der Waals surface area contributed by atoms with Crippen LogP contribution in [0.15, 0.2) is 96.4 Å². The predicted molar refractivity (Wildman–Crippen MR) is 155 cm³/mol. The molecule has 6 rings (SSSR count). The number of aryl methyl sites for hydroxylation is 1. The zero-order valence-electron chi connectivity index (χ0n) is 21.8. The lowest BCUT2D eigenvalue weighted by molar-refractivity contribution is 0.0932. The molecule has 5 aromatic rings. The zero-order chi connectivity index (χ0) is 26.6. The van der Waals surface area contributed by atoms with Gasteiger partial charge in [-0.1, -0.05) is 60.3 Å². The third kappa shape index (κ3) is 5.54. The summed E-state index contributed by atoms with van der Waals surface area (Å²) in [5.41, 5.74) is 7.48. The minimum Gasteiger partial charge on any atom is -0.497 e. The van der Waals surface area contributed by atoms with E-state index in [1.165, 1.54) is 16.7 Å². The number of hydrogen-bond acceptors (Lipinski definition) is 5. The van der Waals surface area contributed by atoms with Crippen molar-refractivity contribution in [3.8, 4) is 5.75 Å². The fourth-order valence-corrected chi connectivity index (χ4v) is 6.14. The van der Waals surface area contributed by atoms with Gasteiger partial charge >= 0.3 is 0 Å². The molecule has 0 radical (unpaired) electrons. The normalized spacial score (nSPS) is 14.6. The van der Waals surface area contributed by atoms with Crippen molar-refractivity contribution < 1.29 is 9.53 Å². The van der Waals surface area contributed by atoms with Gasteiger partial charge in [-0.05, 0) is 71.8 Å². The molecule has 0 spiro atoms. The molecule has 7 heteroatoms. The van der Waals surface area contributed by atoms with Gasteiger partial charge in [0.25, 0.3) is 5.91 Å². The van der Waals surface area contributed by atoms with Gasteiger partial charge in [0.2, 0.25) is 0 Å². The van der Waals surface area contributed by atoms with E-state index >= 15 is 0 Å². The van der Waals surface area contributed by atoms with Crippen molar-refractivity contribution in [3.05, 3.63) is 119 Å². The number of nitrogens with zero attached hydrogens (tertiary/aromatic N) is 3. The highest BCUT2D eigenvalue weighted by Crippen LogP contribution is 2.30. The third-order valence-corrected chi connectivity index (χ3v) is 8.32. The number of carbonyl (C=O) groups is 1. The third-order valence-electron chi connectivity index (χ3n) is 7.27. The van der Waals surface area contributed by atoms with Gasteiger partial charge in [0.05, 0.1) is 36.9 Å². The van der Waals surface area contributed by atoms with Crippen LogP contribution in [0.25, 0.3) is 11.0 Å². The van der Waals surface area contributed by atoms with Gasteiger partial charge in [0.1, 0.15) is 5.75 Å². The SMILES string of the molecule is COc1ccc(CSc2nc3ccncc3n2Cc2ccc(C(=O)N[C@H]3CCCc4ccccc43)cc2)cc1. The molecular weight excluding hydrogens is 504 g/mol. The minimum absolute atomic E-state index is 0.0312. The number of imidazole rings is 1. The highest BCUT2D eigenvalue weighted by atomic mass is 32.2. The smallest absolute Gasteiger partial charge is 0.251 e. The number of thioether (sulfide) groups is 1. The van der Waals surface area contributed by atoms with E-state index in [0.29, 0.717) is 12.1 Å². The molecule has 2 heterocycles. The zero-order valence-corrected chi connectivity index (χ0v) is 22.7. The molecule has 0 saturated carbocycles. The molecule has 6 nitrogen and oxygen atoms in total. The van der Waals surface area contributed by atoms with Crippen molar-refractivity contribution in [3.63, 3.8) is 0 Å². The number of carbonyl (C=O) groups excluding carboxylic acids is 1. The first-order valence-corrected chi connectivity index (χ1v) is 14.2. The van der Waals surface area contributed by atoms with Crippen LogP contribution in [0.1, 0.15) is 51.5 Å². The maximum absolute atomic E-state index is 13.1. The number of hydrogen-bond donors (Lipinski definition) is 1. The molecule has 1 atom stereocenters. The highest BCUT2D eigenvalue weighted by Gasteiger charge is 2.22. The van der Waals surface area contributed by atoms with Crippen LogP contribution >= 0.6 is 11.8 Å². The number of fused-ring (bicyclic) bond motifs is 2. The van der Waals surface area contributed by atoms with Crippen molar-refractivity contribution >= 4 is 28.7 Å². The summed E-state index contributed by atoms with van der Waals surface area (Å²) in [6.07, 6.45) is 6.78. The second-order valence-corrected chi connectivity index (χ2v) is 10.7. The van der Waals surface area contributed by atoms with E-state index in [-0.39, 0.29) is 11.9 Å². The van der Waals surface area contributed by atoms with Gasteiger partial charge in [-0.15, -0.1) is 0 Å². The van der Waals surface area contributed by atoms with Gasteiger partial charge in [-0.3, -0.25) is 9.78 Å². The molecule has 0 aliphatic heterocycles. The molecule has 1 aliphatic rings. The van der Waals surface area contributed by atoms with Gasteiger partial charge in [0.15, 0.2) is 5.16 Å². The average Bonchev–Trinajstić information content (AvgIpc) is 3.34. The molecule has 1 N–H and O–H groups in total. The Bertz CT molecular complexity index is 1600. The molecule has 0 fully saturated rings. The number of nitrogens with one attached hydrogen (secondary N) is 1. The monoisotopic (exact) mass is 534 g/mol. The summed E-state index contributed by atoms with van der Waals surface area (Å²) in [7, 11) is 1.68. The Morgan fingerprint density at radius 2 is 1.82 bits per heavy atom. The topological polar surface area (TPSA) is 69.0 Å². The van der Waals surface area contributed by atoms with E-state index in [1.807, 2.05) is 48.7 Å². The van der Waals surface area contributed by atoms with E-state index in [4.69, 9.17) is 9.72 Å². The summed E-state index contributed by atoms with van der Waals surface area (Å²) >= 11 is 1.70. The predicted octanol–water partition coefficient (Wildman–Crippen LogP) is 6.59. The number of pyridine rings is 1. The Balaban J connectivity index is 1.17. The maximum Gasteiger partial charge on any atom is 0.251 e. The maximum atomic E-state index is 13.1. The van der Waals surface area contributed by atoms with E-state index in [9.17, 15) is 4.79 Å². The molecule has 1 aliphatic carbocycles. The molecule has 196 valence electrons. The van der Waals surface area contributed by atoms with Gasteiger partial charge in [-0.25, -0.2) is 4.98 Å². The number of ether oxygens (including phenoxy) is 1. The van der Waals surface area contributed by atoms with Crippen molar-refractivity contribution in [2.45, 2.75) is 42.8 Å². The van der Waals surface area contributed by atoms with Crippen LogP contribution < -0.4 is 10.1 Å². The summed E-state index contributed by atoms with van der Waals surface area (Å²) in [4.78, 5) is 22.3. The van der Waals surface area contributed by atoms with Crippen molar-refractivity contribution in [1.29, 1.82) is 0 Å². The van der Waals surface area contributed by atoms with Crippen LogP contribution in [-0.2, 0) is 18.7 Å². The Labute approximate surface area is 232 Å². The van der Waals surface area contributed by atoms with Crippen LogP contribution in [0.3, 0.4) is 0 Å². The average molecular weight is 535 g/mol. The van der Waals surface area contributed by atoms with E-state index in [0.717, 1.165) is 52.5 Å². The summed E-state index contributed by atoms with van der Waals surface area (Å²) in [6, 6.07) is 26.5. The van der Waals surface area contributed by atoms with Crippen LogP contribution in [0.4, 0.5) is 0 Å². The van der Waals surface area contributed by atoms with Crippen molar-refractivity contribution in [2.75, 3.05) is 7.11 Å². The standard InChI is InChI=1S/C32H30N4O2S/c1-38-26-15-11-23(12-16-26)21-39-32-35-29-17-18-33-19-30(29)36(32)20-22-9-13-25(14-10-22)31(37)34-28-8-4-6-24-5-2-3-7-27(24)28/h2-3,5,7,9-19,28H,4,6,8,20-21H2,1H3,(H,34,37)/t28-/m0/s1. The van der Waals surface area contributed by atoms with E-state index in [2.05, 4.69) is 51.3 Å². The number of amides is 1. The molecule has 3 aromatic carbocycles.